The molecule has 3 N–H and O–H groups in total. The van der Waals surface area contributed by atoms with Crippen molar-refractivity contribution >= 4 is 27.7 Å². The van der Waals surface area contributed by atoms with E-state index >= 15 is 0 Å². The van der Waals surface area contributed by atoms with Gasteiger partial charge >= 0.3 is 0 Å². The monoisotopic (exact) mass is 341 g/mol. The van der Waals surface area contributed by atoms with Gasteiger partial charge in [0.15, 0.2) is 0 Å². The van der Waals surface area contributed by atoms with Gasteiger partial charge in [-0.2, -0.15) is 0 Å². The minimum absolute atomic E-state index is 0.0253. The Morgan fingerprint density at radius 2 is 2.20 bits per heavy atom. The van der Waals surface area contributed by atoms with Crippen LogP contribution in [0, 0.1) is 12.8 Å². The highest BCUT2D eigenvalue weighted by Gasteiger charge is 2.11. The number of halogens is 1. The van der Waals surface area contributed by atoms with Crippen LogP contribution in [0.25, 0.3) is 0 Å². The SMILES string of the molecule is CCCC(CCN)CCC(=O)Nc1cc(C)c(Br)cn1. The molecule has 1 atom stereocenters. The second-order valence-corrected chi connectivity index (χ2v) is 5.99. The molecule has 0 aliphatic rings. The number of hydrogen-bond acceptors (Lipinski definition) is 3. The summed E-state index contributed by atoms with van der Waals surface area (Å²) in [5, 5.41) is 2.85. The summed E-state index contributed by atoms with van der Waals surface area (Å²) in [4.78, 5) is 16.1. The summed E-state index contributed by atoms with van der Waals surface area (Å²) >= 11 is 3.39. The molecule has 0 saturated carbocycles. The van der Waals surface area contributed by atoms with Gasteiger partial charge in [-0.1, -0.05) is 19.8 Å². The van der Waals surface area contributed by atoms with Crippen molar-refractivity contribution in [1.29, 1.82) is 0 Å². The molecular weight excluding hydrogens is 318 g/mol. The number of nitrogens with two attached hydrogens (primary N) is 1. The lowest BCUT2D eigenvalue weighted by Crippen LogP contribution is -2.16. The zero-order chi connectivity index (χ0) is 15.0. The Balaban J connectivity index is 2.44. The second kappa shape index (κ2) is 9.08. The van der Waals surface area contributed by atoms with Crippen LogP contribution in [-0.4, -0.2) is 17.4 Å². The lowest BCUT2D eigenvalue weighted by atomic mass is 9.94. The molecule has 0 spiro atoms. The molecule has 1 amide bonds. The van der Waals surface area contributed by atoms with Gasteiger partial charge in [0.2, 0.25) is 5.91 Å². The third-order valence-corrected chi connectivity index (χ3v) is 4.20. The van der Waals surface area contributed by atoms with Crippen LogP contribution in [0.15, 0.2) is 16.7 Å². The van der Waals surface area contributed by atoms with Crippen molar-refractivity contribution < 1.29 is 4.79 Å². The predicted octanol–water partition coefficient (Wildman–Crippen LogP) is 3.64. The number of hydrogen-bond donors (Lipinski definition) is 2. The number of anilines is 1. The van der Waals surface area contributed by atoms with Gasteiger partial charge in [0.1, 0.15) is 5.82 Å². The fraction of sp³-hybridized carbons (Fsp3) is 0.600. The van der Waals surface area contributed by atoms with E-state index in [1.54, 1.807) is 6.20 Å². The van der Waals surface area contributed by atoms with Crippen LogP contribution in [0.2, 0.25) is 0 Å². The molecule has 5 heteroatoms. The van der Waals surface area contributed by atoms with E-state index in [-0.39, 0.29) is 5.91 Å². The van der Waals surface area contributed by atoms with E-state index in [1.807, 2.05) is 13.0 Å². The van der Waals surface area contributed by atoms with Crippen LogP contribution in [0.4, 0.5) is 5.82 Å². The fourth-order valence-electron chi connectivity index (χ4n) is 2.23. The van der Waals surface area contributed by atoms with Crippen molar-refractivity contribution in [3.8, 4) is 0 Å². The van der Waals surface area contributed by atoms with Gasteiger partial charge in [0, 0.05) is 17.1 Å². The van der Waals surface area contributed by atoms with Crippen LogP contribution in [0.3, 0.4) is 0 Å². The maximum Gasteiger partial charge on any atom is 0.225 e. The molecule has 1 aromatic rings. The Kier molecular flexibility index (Phi) is 7.77. The van der Waals surface area contributed by atoms with E-state index in [9.17, 15) is 4.79 Å². The molecular formula is C15H24BrN3O. The predicted molar refractivity (Wildman–Crippen MR) is 86.6 cm³/mol. The largest absolute Gasteiger partial charge is 0.330 e. The number of nitrogens with one attached hydrogen (secondary N) is 1. The van der Waals surface area contributed by atoms with Gasteiger partial charge in [-0.25, -0.2) is 4.98 Å². The average molecular weight is 342 g/mol. The molecule has 0 aliphatic carbocycles. The van der Waals surface area contributed by atoms with Gasteiger partial charge in [-0.3, -0.25) is 4.79 Å². The van der Waals surface area contributed by atoms with Crippen LogP contribution in [0.5, 0.6) is 0 Å². The second-order valence-electron chi connectivity index (χ2n) is 5.14. The summed E-state index contributed by atoms with van der Waals surface area (Å²) in [7, 11) is 0. The van der Waals surface area contributed by atoms with Gasteiger partial charge in [0.25, 0.3) is 0 Å². The third kappa shape index (κ3) is 6.01. The molecule has 20 heavy (non-hydrogen) atoms. The zero-order valence-corrected chi connectivity index (χ0v) is 13.9. The number of nitrogens with zero attached hydrogens (tertiary/aromatic N) is 1. The molecule has 1 heterocycles. The molecule has 0 bridgehead atoms. The van der Waals surface area contributed by atoms with E-state index < -0.39 is 0 Å². The van der Waals surface area contributed by atoms with Crippen molar-refractivity contribution in [1.82, 2.24) is 4.98 Å². The van der Waals surface area contributed by atoms with Crippen molar-refractivity contribution in [3.05, 3.63) is 22.3 Å². The summed E-state index contributed by atoms with van der Waals surface area (Å²) in [5.41, 5.74) is 6.66. The Bertz CT molecular complexity index is 431. The van der Waals surface area contributed by atoms with Crippen LogP contribution in [0.1, 0.15) is 44.6 Å². The molecule has 0 fully saturated rings. The molecule has 1 rings (SSSR count). The Morgan fingerprint density at radius 1 is 1.45 bits per heavy atom. The number of carbonyl (C=O) groups is 1. The van der Waals surface area contributed by atoms with Crippen molar-refractivity contribution in [2.45, 2.75) is 46.0 Å². The highest BCUT2D eigenvalue weighted by molar-refractivity contribution is 9.10. The minimum Gasteiger partial charge on any atom is -0.330 e. The van der Waals surface area contributed by atoms with Gasteiger partial charge in [-0.05, 0) is 59.8 Å². The van der Waals surface area contributed by atoms with E-state index in [4.69, 9.17) is 5.73 Å². The molecule has 0 aromatic carbocycles. The first-order valence-corrected chi connectivity index (χ1v) is 7.98. The standard InChI is InChI=1S/C15H24BrN3O/c1-3-4-12(7-8-17)5-6-15(20)19-14-9-11(2)13(16)10-18-14/h9-10,12H,3-8,17H2,1-2H3,(H,18,19,20). The lowest BCUT2D eigenvalue weighted by Gasteiger charge is -2.14. The lowest BCUT2D eigenvalue weighted by molar-refractivity contribution is -0.116. The van der Waals surface area contributed by atoms with Gasteiger partial charge < -0.3 is 11.1 Å². The molecule has 4 nitrogen and oxygen atoms in total. The summed E-state index contributed by atoms with van der Waals surface area (Å²) in [6, 6.07) is 1.87. The van der Waals surface area contributed by atoms with Gasteiger partial charge in [-0.15, -0.1) is 0 Å². The Labute approximate surface area is 129 Å². The van der Waals surface area contributed by atoms with E-state index in [2.05, 4.69) is 33.2 Å². The average Bonchev–Trinajstić information content (AvgIpc) is 2.41. The van der Waals surface area contributed by atoms with Gasteiger partial charge in [0.05, 0.1) is 0 Å². The zero-order valence-electron chi connectivity index (χ0n) is 12.3. The number of carbonyl (C=O) groups excluding carboxylic acids is 1. The number of pyridine rings is 1. The topological polar surface area (TPSA) is 68.0 Å². The van der Waals surface area contributed by atoms with Crippen LogP contribution >= 0.6 is 15.9 Å². The number of amides is 1. The maximum absolute atomic E-state index is 11.9. The summed E-state index contributed by atoms with van der Waals surface area (Å²) in [6.45, 7) is 4.83. The number of rotatable bonds is 8. The minimum atomic E-state index is 0.0253. The normalized spacial score (nSPS) is 12.2. The molecule has 0 saturated heterocycles. The highest BCUT2D eigenvalue weighted by Crippen LogP contribution is 2.19. The summed E-state index contributed by atoms with van der Waals surface area (Å²) in [6.07, 6.45) is 6.41. The summed E-state index contributed by atoms with van der Waals surface area (Å²) in [5.74, 6) is 1.19. The van der Waals surface area contributed by atoms with Crippen molar-refractivity contribution in [2.75, 3.05) is 11.9 Å². The fourth-order valence-corrected chi connectivity index (χ4v) is 2.44. The Morgan fingerprint density at radius 3 is 2.80 bits per heavy atom. The van der Waals surface area contributed by atoms with E-state index in [0.29, 0.717) is 24.7 Å². The first-order chi connectivity index (χ1) is 9.56. The van der Waals surface area contributed by atoms with E-state index in [1.165, 1.54) is 0 Å². The first-order valence-electron chi connectivity index (χ1n) is 7.18. The van der Waals surface area contributed by atoms with E-state index in [0.717, 1.165) is 35.7 Å². The number of aryl methyl sites for hydroxylation is 1. The van der Waals surface area contributed by atoms with Crippen LogP contribution < -0.4 is 11.1 Å². The number of aromatic nitrogens is 1. The van der Waals surface area contributed by atoms with Crippen molar-refractivity contribution in [3.63, 3.8) is 0 Å². The molecule has 0 radical (unpaired) electrons. The third-order valence-electron chi connectivity index (χ3n) is 3.37. The maximum atomic E-state index is 11.9. The molecule has 1 aromatic heterocycles. The quantitative estimate of drug-likeness (QED) is 0.758. The molecule has 1 unspecified atom stereocenters. The summed E-state index contributed by atoms with van der Waals surface area (Å²) < 4.78 is 0.946. The first kappa shape index (κ1) is 17.1. The highest BCUT2D eigenvalue weighted by atomic mass is 79.9. The molecule has 0 aliphatic heterocycles. The Hall–Kier alpha value is -0.940. The smallest absolute Gasteiger partial charge is 0.225 e. The van der Waals surface area contributed by atoms with Crippen molar-refractivity contribution in [2.24, 2.45) is 11.7 Å². The van der Waals surface area contributed by atoms with Crippen LogP contribution in [-0.2, 0) is 4.79 Å². The molecule has 112 valence electrons.